The maximum absolute atomic E-state index is 12.1. The molecule has 0 radical (unpaired) electrons. The third-order valence-electron chi connectivity index (χ3n) is 2.72. The SMILES string of the molecule is CC(C)(C)C(=O)c1cc(-c2ccccc2)c[nH]1. The molecule has 0 aliphatic heterocycles. The highest BCUT2D eigenvalue weighted by atomic mass is 16.1. The minimum Gasteiger partial charge on any atom is -0.358 e. The van der Waals surface area contributed by atoms with Crippen LogP contribution in [0.5, 0.6) is 0 Å². The smallest absolute Gasteiger partial charge is 0.184 e. The molecule has 2 nitrogen and oxygen atoms in total. The molecule has 0 fully saturated rings. The fourth-order valence-electron chi connectivity index (χ4n) is 1.73. The van der Waals surface area contributed by atoms with Crippen molar-refractivity contribution in [2.24, 2.45) is 5.41 Å². The molecule has 2 heteroatoms. The van der Waals surface area contributed by atoms with Crippen LogP contribution in [0.3, 0.4) is 0 Å². The van der Waals surface area contributed by atoms with Gasteiger partial charge in [0.25, 0.3) is 0 Å². The van der Waals surface area contributed by atoms with Crippen molar-refractivity contribution in [3.05, 3.63) is 48.3 Å². The topological polar surface area (TPSA) is 32.9 Å². The number of rotatable bonds is 2. The van der Waals surface area contributed by atoms with Gasteiger partial charge >= 0.3 is 0 Å². The van der Waals surface area contributed by atoms with Crippen molar-refractivity contribution >= 4 is 5.78 Å². The summed E-state index contributed by atoms with van der Waals surface area (Å²) in [6.07, 6.45) is 1.88. The summed E-state index contributed by atoms with van der Waals surface area (Å²) in [6.45, 7) is 5.79. The van der Waals surface area contributed by atoms with E-state index in [1.807, 2.05) is 63.4 Å². The molecule has 0 bridgehead atoms. The lowest BCUT2D eigenvalue weighted by molar-refractivity contribution is 0.0853. The summed E-state index contributed by atoms with van der Waals surface area (Å²) in [4.78, 5) is 15.1. The number of aromatic nitrogens is 1. The van der Waals surface area contributed by atoms with Crippen molar-refractivity contribution in [2.75, 3.05) is 0 Å². The highest BCUT2D eigenvalue weighted by Crippen LogP contribution is 2.24. The normalized spacial score (nSPS) is 11.5. The Hall–Kier alpha value is -1.83. The number of nitrogens with one attached hydrogen (secondary N) is 1. The van der Waals surface area contributed by atoms with Crippen LogP contribution in [0.2, 0.25) is 0 Å². The van der Waals surface area contributed by atoms with Gasteiger partial charge in [0.05, 0.1) is 5.69 Å². The van der Waals surface area contributed by atoms with E-state index in [2.05, 4.69) is 4.98 Å². The van der Waals surface area contributed by atoms with Gasteiger partial charge < -0.3 is 4.98 Å². The van der Waals surface area contributed by atoms with Crippen molar-refractivity contribution in [1.29, 1.82) is 0 Å². The van der Waals surface area contributed by atoms with Crippen LogP contribution in [0.15, 0.2) is 42.6 Å². The third kappa shape index (κ3) is 2.47. The van der Waals surface area contributed by atoms with Crippen LogP contribution in [-0.4, -0.2) is 10.8 Å². The van der Waals surface area contributed by atoms with Crippen LogP contribution in [0.1, 0.15) is 31.3 Å². The number of H-pyrrole nitrogens is 1. The summed E-state index contributed by atoms with van der Waals surface area (Å²) in [6, 6.07) is 12.0. The minimum absolute atomic E-state index is 0.139. The van der Waals surface area contributed by atoms with E-state index in [-0.39, 0.29) is 11.2 Å². The first-order chi connectivity index (χ1) is 7.98. The molecule has 2 rings (SSSR count). The van der Waals surface area contributed by atoms with Gasteiger partial charge in [-0.25, -0.2) is 0 Å². The van der Waals surface area contributed by atoms with Crippen LogP contribution in [0.25, 0.3) is 11.1 Å². The lowest BCUT2D eigenvalue weighted by atomic mass is 9.89. The van der Waals surface area contributed by atoms with Crippen LogP contribution in [0, 0.1) is 5.41 Å². The predicted octanol–water partition coefficient (Wildman–Crippen LogP) is 3.91. The van der Waals surface area contributed by atoms with Gasteiger partial charge in [0.15, 0.2) is 5.78 Å². The highest BCUT2D eigenvalue weighted by molar-refractivity contribution is 5.99. The van der Waals surface area contributed by atoms with Gasteiger partial charge in [0, 0.05) is 11.6 Å². The summed E-state index contributed by atoms with van der Waals surface area (Å²) >= 11 is 0. The van der Waals surface area contributed by atoms with Crippen molar-refractivity contribution < 1.29 is 4.79 Å². The zero-order valence-electron chi connectivity index (χ0n) is 10.4. The largest absolute Gasteiger partial charge is 0.358 e. The van der Waals surface area contributed by atoms with E-state index in [0.717, 1.165) is 11.1 Å². The number of carbonyl (C=O) groups is 1. The van der Waals surface area contributed by atoms with Crippen LogP contribution >= 0.6 is 0 Å². The molecule has 1 heterocycles. The number of hydrogen-bond acceptors (Lipinski definition) is 1. The van der Waals surface area contributed by atoms with Crippen molar-refractivity contribution in [1.82, 2.24) is 4.98 Å². The molecular weight excluding hydrogens is 210 g/mol. The van der Waals surface area contributed by atoms with Gasteiger partial charge in [0.2, 0.25) is 0 Å². The number of ketones is 1. The first-order valence-electron chi connectivity index (χ1n) is 5.77. The Morgan fingerprint density at radius 2 is 1.71 bits per heavy atom. The number of carbonyl (C=O) groups excluding carboxylic acids is 1. The molecule has 0 atom stereocenters. The second-order valence-electron chi connectivity index (χ2n) is 5.25. The molecule has 2 aromatic rings. The van der Waals surface area contributed by atoms with Gasteiger partial charge in [-0.2, -0.15) is 0 Å². The predicted molar refractivity (Wildman–Crippen MR) is 70.0 cm³/mol. The van der Waals surface area contributed by atoms with Crippen molar-refractivity contribution in [3.63, 3.8) is 0 Å². The van der Waals surface area contributed by atoms with Crippen molar-refractivity contribution in [2.45, 2.75) is 20.8 Å². The van der Waals surface area contributed by atoms with E-state index in [1.54, 1.807) is 0 Å². The molecule has 0 aliphatic rings. The Balaban J connectivity index is 2.32. The maximum atomic E-state index is 12.1. The Bertz CT molecular complexity index is 517. The van der Waals surface area contributed by atoms with Gasteiger partial charge in [-0.3, -0.25) is 4.79 Å². The first-order valence-corrected chi connectivity index (χ1v) is 5.77. The van der Waals surface area contributed by atoms with E-state index in [9.17, 15) is 4.79 Å². The average molecular weight is 227 g/mol. The summed E-state index contributed by atoms with van der Waals surface area (Å²) in [5.74, 6) is 0.139. The lowest BCUT2D eigenvalue weighted by Crippen LogP contribution is -2.20. The Kier molecular flexibility index (Phi) is 2.88. The summed E-state index contributed by atoms with van der Waals surface area (Å²) in [5, 5.41) is 0. The van der Waals surface area contributed by atoms with Gasteiger partial charge in [-0.05, 0) is 17.2 Å². The first kappa shape index (κ1) is 11.6. The van der Waals surface area contributed by atoms with Crippen molar-refractivity contribution in [3.8, 4) is 11.1 Å². The standard InChI is InChI=1S/C15H17NO/c1-15(2,3)14(17)13-9-12(10-16-13)11-7-5-4-6-8-11/h4-10,16H,1-3H3. The van der Waals surface area contributed by atoms with E-state index < -0.39 is 0 Å². The molecule has 0 unspecified atom stereocenters. The summed E-state index contributed by atoms with van der Waals surface area (Å²) in [7, 11) is 0. The van der Waals surface area contributed by atoms with E-state index >= 15 is 0 Å². The van der Waals surface area contributed by atoms with E-state index in [1.165, 1.54) is 0 Å². The molecule has 0 spiro atoms. The lowest BCUT2D eigenvalue weighted by Gasteiger charge is -2.14. The maximum Gasteiger partial charge on any atom is 0.184 e. The minimum atomic E-state index is -0.348. The third-order valence-corrected chi connectivity index (χ3v) is 2.72. The fraction of sp³-hybridized carbons (Fsp3) is 0.267. The average Bonchev–Trinajstić information content (AvgIpc) is 2.77. The van der Waals surface area contributed by atoms with Crippen LogP contribution in [0.4, 0.5) is 0 Å². The Morgan fingerprint density at radius 1 is 1.06 bits per heavy atom. The number of benzene rings is 1. The summed E-state index contributed by atoms with van der Waals surface area (Å²) < 4.78 is 0. The quantitative estimate of drug-likeness (QED) is 0.775. The van der Waals surface area contributed by atoms with E-state index in [4.69, 9.17) is 0 Å². The molecule has 0 saturated heterocycles. The zero-order chi connectivity index (χ0) is 12.5. The molecule has 1 aromatic carbocycles. The van der Waals surface area contributed by atoms with E-state index in [0.29, 0.717) is 5.69 Å². The van der Waals surface area contributed by atoms with Crippen LogP contribution in [-0.2, 0) is 0 Å². The fourth-order valence-corrected chi connectivity index (χ4v) is 1.73. The second kappa shape index (κ2) is 4.21. The molecule has 88 valence electrons. The second-order valence-corrected chi connectivity index (χ2v) is 5.25. The molecule has 1 aromatic heterocycles. The summed E-state index contributed by atoms with van der Waals surface area (Å²) in [5.41, 5.74) is 2.50. The monoisotopic (exact) mass is 227 g/mol. The highest BCUT2D eigenvalue weighted by Gasteiger charge is 2.24. The molecule has 0 aliphatic carbocycles. The van der Waals surface area contributed by atoms with Crippen LogP contribution < -0.4 is 0 Å². The zero-order valence-corrected chi connectivity index (χ0v) is 10.4. The van der Waals surface area contributed by atoms with Gasteiger partial charge in [0.1, 0.15) is 0 Å². The van der Waals surface area contributed by atoms with Gasteiger partial charge in [-0.1, -0.05) is 51.1 Å². The molecule has 17 heavy (non-hydrogen) atoms. The number of aromatic amines is 1. The molecule has 0 saturated carbocycles. The molecule has 0 amide bonds. The number of hydrogen-bond donors (Lipinski definition) is 1. The number of Topliss-reactive ketones (excluding diaryl/α,β-unsaturated/α-hetero) is 1. The molecular formula is C15H17NO. The van der Waals surface area contributed by atoms with Gasteiger partial charge in [-0.15, -0.1) is 0 Å². The molecule has 1 N–H and O–H groups in total. The Morgan fingerprint density at radius 3 is 2.29 bits per heavy atom. The Labute approximate surface area is 102 Å².